The molecule has 19 heavy (non-hydrogen) atoms. The number of anilines is 1. The molecule has 2 saturated carbocycles. The SMILES string of the molecule is CNc1ccc2[nH]c(CC3CC4CCC3C4)nc2n1. The Bertz CT molecular complexity index is 603. The first kappa shape index (κ1) is 11.3. The topological polar surface area (TPSA) is 53.6 Å². The van der Waals surface area contributed by atoms with Gasteiger partial charge in [0.05, 0.1) is 5.52 Å². The van der Waals surface area contributed by atoms with Gasteiger partial charge in [-0.15, -0.1) is 0 Å². The molecular weight excluding hydrogens is 236 g/mol. The first-order valence-corrected chi connectivity index (χ1v) is 7.35. The monoisotopic (exact) mass is 256 g/mol. The number of fused-ring (bicyclic) bond motifs is 3. The fraction of sp³-hybridized carbons (Fsp3) is 0.600. The third-order valence-electron chi connectivity index (χ3n) is 4.99. The molecule has 0 amide bonds. The number of pyridine rings is 1. The second-order valence-electron chi connectivity index (χ2n) is 6.14. The van der Waals surface area contributed by atoms with Crippen molar-refractivity contribution < 1.29 is 0 Å². The van der Waals surface area contributed by atoms with Crippen LogP contribution < -0.4 is 5.32 Å². The molecular formula is C15H20N4. The first-order valence-electron chi connectivity index (χ1n) is 7.35. The molecule has 0 saturated heterocycles. The lowest BCUT2D eigenvalue weighted by molar-refractivity contribution is 0.327. The van der Waals surface area contributed by atoms with Gasteiger partial charge >= 0.3 is 0 Å². The van der Waals surface area contributed by atoms with Gasteiger partial charge in [-0.25, -0.2) is 9.97 Å². The third kappa shape index (κ3) is 1.90. The van der Waals surface area contributed by atoms with Crippen LogP contribution in [0.25, 0.3) is 11.2 Å². The van der Waals surface area contributed by atoms with E-state index >= 15 is 0 Å². The Labute approximate surface area is 113 Å². The second-order valence-corrected chi connectivity index (χ2v) is 6.14. The van der Waals surface area contributed by atoms with E-state index in [-0.39, 0.29) is 0 Å². The fourth-order valence-electron chi connectivity index (χ4n) is 4.05. The van der Waals surface area contributed by atoms with Crippen molar-refractivity contribution in [3.8, 4) is 0 Å². The van der Waals surface area contributed by atoms with Gasteiger partial charge in [-0.05, 0) is 49.1 Å². The molecule has 2 N–H and O–H groups in total. The van der Waals surface area contributed by atoms with E-state index < -0.39 is 0 Å². The summed E-state index contributed by atoms with van der Waals surface area (Å²) in [6.45, 7) is 0. The molecule has 3 unspecified atom stereocenters. The Morgan fingerprint density at radius 2 is 2.21 bits per heavy atom. The predicted octanol–water partition coefficient (Wildman–Crippen LogP) is 2.98. The maximum absolute atomic E-state index is 4.66. The molecule has 0 radical (unpaired) electrons. The number of nitrogens with zero attached hydrogens (tertiary/aromatic N) is 2. The lowest BCUT2D eigenvalue weighted by atomic mass is 9.86. The molecule has 2 fully saturated rings. The Hall–Kier alpha value is -1.58. The summed E-state index contributed by atoms with van der Waals surface area (Å²) in [6, 6.07) is 4.05. The highest BCUT2D eigenvalue weighted by Crippen LogP contribution is 2.49. The Morgan fingerprint density at radius 1 is 1.26 bits per heavy atom. The quantitative estimate of drug-likeness (QED) is 0.887. The van der Waals surface area contributed by atoms with Crippen molar-refractivity contribution >= 4 is 17.0 Å². The van der Waals surface area contributed by atoms with Crippen LogP contribution in [0.2, 0.25) is 0 Å². The molecule has 2 aliphatic carbocycles. The molecule has 4 rings (SSSR count). The number of H-pyrrole nitrogens is 1. The zero-order valence-corrected chi connectivity index (χ0v) is 11.3. The van der Waals surface area contributed by atoms with Crippen molar-refractivity contribution in [2.24, 2.45) is 17.8 Å². The van der Waals surface area contributed by atoms with Gasteiger partial charge in [-0.2, -0.15) is 0 Å². The minimum atomic E-state index is 0.838. The number of hydrogen-bond acceptors (Lipinski definition) is 3. The van der Waals surface area contributed by atoms with Gasteiger partial charge < -0.3 is 10.3 Å². The largest absolute Gasteiger partial charge is 0.373 e. The van der Waals surface area contributed by atoms with E-state index in [1.54, 1.807) is 0 Å². The van der Waals surface area contributed by atoms with Crippen molar-refractivity contribution in [3.63, 3.8) is 0 Å². The van der Waals surface area contributed by atoms with E-state index in [0.29, 0.717) is 0 Å². The molecule has 3 atom stereocenters. The second kappa shape index (κ2) is 4.22. The Kier molecular flexibility index (Phi) is 2.50. The van der Waals surface area contributed by atoms with E-state index in [2.05, 4.69) is 26.3 Å². The van der Waals surface area contributed by atoms with Crippen LogP contribution in [0, 0.1) is 17.8 Å². The molecule has 2 aromatic rings. The standard InChI is InChI=1S/C15H20N4/c1-16-13-5-4-12-15(18-13)19-14(17-12)8-11-7-9-2-3-10(11)6-9/h4-5,9-11H,2-3,6-8H2,1H3,(H2,16,17,18,19). The van der Waals surface area contributed by atoms with Crippen LogP contribution in [-0.2, 0) is 6.42 Å². The van der Waals surface area contributed by atoms with Gasteiger partial charge in [0.15, 0.2) is 5.65 Å². The van der Waals surface area contributed by atoms with Crippen molar-refractivity contribution in [1.82, 2.24) is 15.0 Å². The Morgan fingerprint density at radius 3 is 2.95 bits per heavy atom. The van der Waals surface area contributed by atoms with Crippen LogP contribution in [0.15, 0.2) is 12.1 Å². The molecule has 0 aromatic carbocycles. The predicted molar refractivity (Wildman–Crippen MR) is 76.1 cm³/mol. The fourth-order valence-corrected chi connectivity index (χ4v) is 4.05. The third-order valence-corrected chi connectivity index (χ3v) is 4.99. The zero-order chi connectivity index (χ0) is 12.8. The molecule has 0 spiro atoms. The zero-order valence-electron chi connectivity index (χ0n) is 11.3. The average Bonchev–Trinajstić information content (AvgIpc) is 3.11. The summed E-state index contributed by atoms with van der Waals surface area (Å²) in [5, 5.41) is 3.06. The molecule has 2 aliphatic rings. The van der Waals surface area contributed by atoms with Crippen molar-refractivity contribution in [3.05, 3.63) is 18.0 Å². The van der Waals surface area contributed by atoms with Crippen LogP contribution in [0.3, 0.4) is 0 Å². The van der Waals surface area contributed by atoms with E-state index in [1.165, 1.54) is 25.7 Å². The maximum atomic E-state index is 4.66. The van der Waals surface area contributed by atoms with Gasteiger partial charge in [0.1, 0.15) is 11.6 Å². The lowest BCUT2D eigenvalue weighted by Crippen LogP contribution is -2.13. The summed E-state index contributed by atoms with van der Waals surface area (Å²) in [6.07, 6.45) is 6.89. The lowest BCUT2D eigenvalue weighted by Gasteiger charge is -2.20. The molecule has 4 heteroatoms. The highest BCUT2D eigenvalue weighted by atomic mass is 15.0. The summed E-state index contributed by atoms with van der Waals surface area (Å²) in [7, 11) is 1.89. The summed E-state index contributed by atoms with van der Waals surface area (Å²) < 4.78 is 0. The molecule has 4 nitrogen and oxygen atoms in total. The van der Waals surface area contributed by atoms with Crippen LogP contribution in [-0.4, -0.2) is 22.0 Å². The number of imidazole rings is 1. The minimum Gasteiger partial charge on any atom is -0.373 e. The number of aromatic amines is 1. The highest BCUT2D eigenvalue weighted by Gasteiger charge is 2.39. The minimum absolute atomic E-state index is 0.838. The van der Waals surface area contributed by atoms with E-state index in [0.717, 1.165) is 47.0 Å². The van der Waals surface area contributed by atoms with Gasteiger partial charge in [0.2, 0.25) is 0 Å². The average molecular weight is 256 g/mol. The highest BCUT2D eigenvalue weighted by molar-refractivity contribution is 5.72. The van der Waals surface area contributed by atoms with E-state index in [1.807, 2.05) is 13.1 Å². The molecule has 2 aromatic heterocycles. The summed E-state index contributed by atoms with van der Waals surface area (Å²) in [5.74, 6) is 4.81. The van der Waals surface area contributed by atoms with E-state index in [9.17, 15) is 0 Å². The molecule has 2 bridgehead atoms. The number of rotatable bonds is 3. The summed E-state index contributed by atoms with van der Waals surface area (Å²) >= 11 is 0. The maximum Gasteiger partial charge on any atom is 0.179 e. The van der Waals surface area contributed by atoms with Crippen molar-refractivity contribution in [2.45, 2.75) is 32.1 Å². The summed E-state index contributed by atoms with van der Waals surface area (Å²) in [4.78, 5) is 12.6. The van der Waals surface area contributed by atoms with Crippen LogP contribution in [0.5, 0.6) is 0 Å². The van der Waals surface area contributed by atoms with Gasteiger partial charge in [-0.1, -0.05) is 6.42 Å². The molecule has 0 aliphatic heterocycles. The van der Waals surface area contributed by atoms with Crippen LogP contribution in [0.4, 0.5) is 5.82 Å². The van der Waals surface area contributed by atoms with E-state index in [4.69, 9.17) is 0 Å². The molecule has 2 heterocycles. The first-order chi connectivity index (χ1) is 9.31. The van der Waals surface area contributed by atoms with Crippen molar-refractivity contribution in [1.29, 1.82) is 0 Å². The number of aromatic nitrogens is 3. The van der Waals surface area contributed by atoms with Gasteiger partial charge in [0, 0.05) is 13.5 Å². The van der Waals surface area contributed by atoms with Crippen LogP contribution in [0.1, 0.15) is 31.5 Å². The van der Waals surface area contributed by atoms with Gasteiger partial charge in [-0.3, -0.25) is 0 Å². The smallest absolute Gasteiger partial charge is 0.179 e. The van der Waals surface area contributed by atoms with Gasteiger partial charge in [0.25, 0.3) is 0 Å². The number of hydrogen-bond donors (Lipinski definition) is 2. The Balaban J connectivity index is 1.58. The van der Waals surface area contributed by atoms with Crippen molar-refractivity contribution in [2.75, 3.05) is 12.4 Å². The molecule has 100 valence electrons. The normalized spacial score (nSPS) is 29.2. The summed E-state index contributed by atoms with van der Waals surface area (Å²) in [5.41, 5.74) is 1.89. The van der Waals surface area contributed by atoms with Crippen LogP contribution >= 0.6 is 0 Å². The number of nitrogens with one attached hydrogen (secondary N) is 2.